The molecule has 0 bridgehead atoms. The summed E-state index contributed by atoms with van der Waals surface area (Å²) in [5.74, 6) is 8.36. The fourth-order valence-corrected chi connectivity index (χ4v) is 3.29. The normalized spacial score (nSPS) is 20.1. The van der Waals surface area contributed by atoms with Gasteiger partial charge in [0.25, 0.3) is 0 Å². The summed E-state index contributed by atoms with van der Waals surface area (Å²) in [4.78, 5) is 11.3. The monoisotopic (exact) mass is 355 g/mol. The summed E-state index contributed by atoms with van der Waals surface area (Å²) in [6, 6.07) is 1.99. The molecule has 1 fully saturated rings. The zero-order chi connectivity index (χ0) is 19.1. The number of aromatic nitrogens is 1. The van der Waals surface area contributed by atoms with Gasteiger partial charge in [0.15, 0.2) is 0 Å². The molecule has 0 spiro atoms. The lowest BCUT2D eigenvalue weighted by Gasteiger charge is -2.31. The summed E-state index contributed by atoms with van der Waals surface area (Å²) >= 11 is 0. The molecule has 4 heteroatoms. The maximum atomic E-state index is 6.27. The van der Waals surface area contributed by atoms with Gasteiger partial charge in [-0.05, 0) is 64.4 Å². The fraction of sp³-hybridized carbons (Fsp3) is 0.636. The van der Waals surface area contributed by atoms with E-state index in [0.717, 1.165) is 48.2 Å². The van der Waals surface area contributed by atoms with Crippen LogP contribution in [0.4, 0.5) is 5.69 Å². The van der Waals surface area contributed by atoms with E-state index >= 15 is 0 Å². The van der Waals surface area contributed by atoms with Crippen LogP contribution in [0.15, 0.2) is 11.1 Å². The van der Waals surface area contributed by atoms with Crippen LogP contribution in [0.1, 0.15) is 64.6 Å². The van der Waals surface area contributed by atoms with E-state index in [9.17, 15) is 0 Å². The summed E-state index contributed by atoms with van der Waals surface area (Å²) in [5.41, 5.74) is 2.55. The quantitative estimate of drug-likeness (QED) is 0.411. The Morgan fingerprint density at radius 1 is 1.35 bits per heavy atom. The molecule has 1 heterocycles. The van der Waals surface area contributed by atoms with E-state index < -0.39 is 0 Å². The lowest BCUT2D eigenvalue weighted by Crippen LogP contribution is -2.26. The van der Waals surface area contributed by atoms with Crippen molar-refractivity contribution in [2.24, 2.45) is 16.8 Å². The molecule has 142 valence electrons. The zero-order valence-corrected chi connectivity index (χ0v) is 17.2. The maximum absolute atomic E-state index is 6.27. The van der Waals surface area contributed by atoms with Gasteiger partial charge in [-0.25, -0.2) is 9.98 Å². The molecular formula is C22H33N3O. The van der Waals surface area contributed by atoms with Gasteiger partial charge in [-0.2, -0.15) is 0 Å². The molecule has 1 aromatic rings. The van der Waals surface area contributed by atoms with Gasteiger partial charge in [-0.1, -0.05) is 19.8 Å². The largest absolute Gasteiger partial charge is 0.473 e. The number of aryl methyl sites for hydroxylation is 1. The first kappa shape index (κ1) is 20.3. The van der Waals surface area contributed by atoms with Crippen LogP contribution in [-0.2, 0) is 0 Å². The van der Waals surface area contributed by atoms with Crippen LogP contribution >= 0.6 is 0 Å². The standard InChI is InChI=1S/C22H33N3O/c1-7-9-19-14-21(23-15-25(6)8-2)17(5)24-22(19)26-20-12-10-18(11-13-20)16(3)4/h14-16,18,20H,8,10-13H2,1-6H3. The molecule has 1 saturated carbocycles. The van der Waals surface area contributed by atoms with Gasteiger partial charge in [-0.15, -0.1) is 5.92 Å². The first-order valence-corrected chi connectivity index (χ1v) is 9.80. The average molecular weight is 356 g/mol. The predicted octanol–water partition coefficient (Wildman–Crippen LogP) is 4.97. The summed E-state index contributed by atoms with van der Waals surface area (Å²) in [7, 11) is 2.00. The maximum Gasteiger partial charge on any atom is 0.230 e. The van der Waals surface area contributed by atoms with Crippen LogP contribution in [0.25, 0.3) is 0 Å². The van der Waals surface area contributed by atoms with Crippen molar-refractivity contribution >= 4 is 12.0 Å². The molecule has 1 aliphatic carbocycles. The Labute approximate surface area is 159 Å². The van der Waals surface area contributed by atoms with Crippen molar-refractivity contribution in [3.8, 4) is 17.7 Å². The predicted molar refractivity (Wildman–Crippen MR) is 109 cm³/mol. The summed E-state index contributed by atoms with van der Waals surface area (Å²) in [5, 5.41) is 0. The van der Waals surface area contributed by atoms with E-state index in [0.29, 0.717) is 5.88 Å². The first-order valence-electron chi connectivity index (χ1n) is 9.80. The number of aliphatic imine (C=N–C) groups is 1. The summed E-state index contributed by atoms with van der Waals surface area (Å²) in [6.45, 7) is 11.5. The molecule has 0 saturated heterocycles. The zero-order valence-electron chi connectivity index (χ0n) is 17.2. The van der Waals surface area contributed by atoms with Gasteiger partial charge in [0.05, 0.1) is 23.3 Å². The van der Waals surface area contributed by atoms with E-state index in [2.05, 4.69) is 42.6 Å². The Bertz CT molecular complexity index is 677. The van der Waals surface area contributed by atoms with Crippen molar-refractivity contribution in [1.82, 2.24) is 9.88 Å². The second kappa shape index (κ2) is 9.62. The van der Waals surface area contributed by atoms with Gasteiger partial charge in [0.1, 0.15) is 6.10 Å². The second-order valence-corrected chi connectivity index (χ2v) is 7.54. The minimum atomic E-state index is 0.245. The topological polar surface area (TPSA) is 37.7 Å². The Balaban J connectivity index is 2.16. The highest BCUT2D eigenvalue weighted by atomic mass is 16.5. The van der Waals surface area contributed by atoms with Crippen molar-refractivity contribution in [3.63, 3.8) is 0 Å². The minimum Gasteiger partial charge on any atom is -0.473 e. The Morgan fingerprint density at radius 3 is 2.62 bits per heavy atom. The van der Waals surface area contributed by atoms with Gasteiger partial charge >= 0.3 is 0 Å². The van der Waals surface area contributed by atoms with Crippen LogP contribution in [0.3, 0.4) is 0 Å². The van der Waals surface area contributed by atoms with Gasteiger partial charge in [0, 0.05) is 13.6 Å². The first-order chi connectivity index (χ1) is 12.4. The number of ether oxygens (including phenoxy) is 1. The fourth-order valence-electron chi connectivity index (χ4n) is 3.29. The van der Waals surface area contributed by atoms with Crippen molar-refractivity contribution in [3.05, 3.63) is 17.3 Å². The second-order valence-electron chi connectivity index (χ2n) is 7.54. The van der Waals surface area contributed by atoms with E-state index in [1.807, 2.05) is 38.2 Å². The molecule has 26 heavy (non-hydrogen) atoms. The van der Waals surface area contributed by atoms with E-state index in [1.54, 1.807) is 0 Å². The van der Waals surface area contributed by atoms with Crippen molar-refractivity contribution in [1.29, 1.82) is 0 Å². The highest BCUT2D eigenvalue weighted by molar-refractivity contribution is 5.64. The van der Waals surface area contributed by atoms with Gasteiger partial charge in [0.2, 0.25) is 5.88 Å². The lowest BCUT2D eigenvalue weighted by atomic mass is 9.80. The summed E-state index contributed by atoms with van der Waals surface area (Å²) < 4.78 is 6.27. The Kier molecular flexibility index (Phi) is 7.50. The molecule has 0 amide bonds. The highest BCUT2D eigenvalue weighted by Gasteiger charge is 2.25. The van der Waals surface area contributed by atoms with Crippen LogP contribution in [0.5, 0.6) is 5.88 Å². The Morgan fingerprint density at radius 2 is 2.04 bits per heavy atom. The molecular weight excluding hydrogens is 322 g/mol. The number of hydrogen-bond donors (Lipinski definition) is 0. The average Bonchev–Trinajstić information content (AvgIpc) is 2.63. The van der Waals surface area contributed by atoms with Crippen LogP contribution in [-0.4, -0.2) is 35.9 Å². The SMILES string of the molecule is CC#Cc1cc(N=CN(C)CC)c(C)nc1OC1CCC(C(C)C)CC1. The molecule has 0 radical (unpaired) electrons. The molecule has 0 aromatic carbocycles. The van der Waals surface area contributed by atoms with Crippen molar-refractivity contribution in [2.75, 3.05) is 13.6 Å². The molecule has 1 aromatic heterocycles. The van der Waals surface area contributed by atoms with Crippen LogP contribution < -0.4 is 4.74 Å². The molecule has 0 unspecified atom stereocenters. The third kappa shape index (κ3) is 5.49. The van der Waals surface area contributed by atoms with Gasteiger partial charge < -0.3 is 9.64 Å². The molecule has 0 N–H and O–H groups in total. The minimum absolute atomic E-state index is 0.245. The third-order valence-electron chi connectivity index (χ3n) is 5.24. The molecule has 4 nitrogen and oxygen atoms in total. The number of rotatable bonds is 6. The van der Waals surface area contributed by atoms with Crippen LogP contribution in [0.2, 0.25) is 0 Å². The Hall–Kier alpha value is -2.02. The lowest BCUT2D eigenvalue weighted by molar-refractivity contribution is 0.112. The van der Waals surface area contributed by atoms with E-state index in [-0.39, 0.29) is 6.10 Å². The van der Waals surface area contributed by atoms with Crippen molar-refractivity contribution in [2.45, 2.75) is 66.4 Å². The molecule has 1 aliphatic rings. The van der Waals surface area contributed by atoms with Gasteiger partial charge in [-0.3, -0.25) is 0 Å². The highest BCUT2D eigenvalue weighted by Crippen LogP contribution is 2.33. The molecule has 0 atom stereocenters. The number of hydrogen-bond acceptors (Lipinski definition) is 3. The smallest absolute Gasteiger partial charge is 0.230 e. The summed E-state index contributed by atoms with van der Waals surface area (Å²) in [6.07, 6.45) is 6.76. The third-order valence-corrected chi connectivity index (χ3v) is 5.24. The number of nitrogens with zero attached hydrogens (tertiary/aromatic N) is 3. The van der Waals surface area contributed by atoms with Crippen LogP contribution in [0, 0.1) is 30.6 Å². The van der Waals surface area contributed by atoms with E-state index in [1.165, 1.54) is 12.8 Å². The molecule has 0 aliphatic heterocycles. The number of pyridine rings is 1. The van der Waals surface area contributed by atoms with Crippen molar-refractivity contribution < 1.29 is 4.74 Å². The molecule has 2 rings (SSSR count). The van der Waals surface area contributed by atoms with E-state index in [4.69, 9.17) is 4.74 Å².